The minimum atomic E-state index is -0.220. The molecule has 3 rings (SSSR count). The molecule has 0 aliphatic rings. The largest absolute Gasteiger partial charge is 0.455 e. The van der Waals surface area contributed by atoms with E-state index in [1.807, 2.05) is 55.5 Å². The van der Waals surface area contributed by atoms with Gasteiger partial charge >= 0.3 is 0 Å². The first kappa shape index (κ1) is 20.9. The van der Waals surface area contributed by atoms with Crippen molar-refractivity contribution in [2.75, 3.05) is 31.3 Å². The molecule has 2 N–H and O–H groups in total. The molecule has 0 unspecified atom stereocenters. The van der Waals surface area contributed by atoms with Crippen molar-refractivity contribution in [3.63, 3.8) is 0 Å². The van der Waals surface area contributed by atoms with Crippen LogP contribution in [0.4, 0.5) is 11.4 Å². The van der Waals surface area contributed by atoms with Crippen LogP contribution in [0.25, 0.3) is 0 Å². The molecule has 0 aromatic heterocycles. The van der Waals surface area contributed by atoms with Crippen molar-refractivity contribution in [1.82, 2.24) is 4.90 Å². The minimum absolute atomic E-state index is 0.0557. The van der Waals surface area contributed by atoms with Gasteiger partial charge in [0.1, 0.15) is 5.75 Å². The lowest BCUT2D eigenvalue weighted by Crippen LogP contribution is -2.23. The number of ether oxygens (including phenoxy) is 1. The number of hydrogen-bond donors (Lipinski definition) is 2. The number of benzene rings is 3. The Hall–Kier alpha value is -3.80. The Morgan fingerprint density at radius 1 is 0.900 bits per heavy atom. The van der Waals surface area contributed by atoms with Crippen LogP contribution in [-0.2, 0) is 4.79 Å². The van der Waals surface area contributed by atoms with E-state index in [0.29, 0.717) is 22.7 Å². The Morgan fingerprint density at radius 3 is 2.33 bits per heavy atom. The van der Waals surface area contributed by atoms with E-state index in [-0.39, 0.29) is 18.4 Å². The van der Waals surface area contributed by atoms with Crippen LogP contribution in [0.5, 0.6) is 11.5 Å². The predicted octanol–water partition coefficient (Wildman–Crippen LogP) is 4.54. The van der Waals surface area contributed by atoms with E-state index in [1.165, 1.54) is 4.90 Å². The molecule has 0 atom stereocenters. The molecule has 0 aliphatic heterocycles. The van der Waals surface area contributed by atoms with Gasteiger partial charge in [0.2, 0.25) is 5.91 Å². The summed E-state index contributed by atoms with van der Waals surface area (Å²) >= 11 is 0. The van der Waals surface area contributed by atoms with Gasteiger partial charge in [-0.15, -0.1) is 0 Å². The van der Waals surface area contributed by atoms with Crippen LogP contribution < -0.4 is 15.4 Å². The van der Waals surface area contributed by atoms with Crippen molar-refractivity contribution in [2.45, 2.75) is 6.92 Å². The average molecular weight is 403 g/mol. The number of carbonyl (C=O) groups is 2. The van der Waals surface area contributed by atoms with Crippen molar-refractivity contribution in [2.24, 2.45) is 0 Å². The van der Waals surface area contributed by atoms with E-state index in [9.17, 15) is 9.59 Å². The highest BCUT2D eigenvalue weighted by Gasteiger charge is 2.12. The van der Waals surface area contributed by atoms with Gasteiger partial charge in [0.25, 0.3) is 5.91 Å². The van der Waals surface area contributed by atoms with Crippen LogP contribution in [0.15, 0.2) is 72.8 Å². The van der Waals surface area contributed by atoms with E-state index in [1.54, 1.807) is 38.4 Å². The fraction of sp³-hybridized carbons (Fsp3) is 0.167. The maximum atomic E-state index is 12.5. The molecule has 0 aliphatic carbocycles. The third-order valence-electron chi connectivity index (χ3n) is 4.46. The molecule has 0 saturated heterocycles. The predicted molar refractivity (Wildman–Crippen MR) is 119 cm³/mol. The summed E-state index contributed by atoms with van der Waals surface area (Å²) in [5.74, 6) is 0.944. The van der Waals surface area contributed by atoms with E-state index in [4.69, 9.17) is 4.74 Å². The topological polar surface area (TPSA) is 70.7 Å². The van der Waals surface area contributed by atoms with Crippen molar-refractivity contribution in [1.29, 1.82) is 0 Å². The highest BCUT2D eigenvalue weighted by Crippen LogP contribution is 2.29. The van der Waals surface area contributed by atoms with E-state index in [2.05, 4.69) is 10.6 Å². The van der Waals surface area contributed by atoms with Gasteiger partial charge in [0.05, 0.1) is 12.2 Å². The Morgan fingerprint density at radius 2 is 1.60 bits per heavy atom. The first-order chi connectivity index (χ1) is 14.4. The number of carbonyl (C=O) groups excluding carboxylic acids is 2. The van der Waals surface area contributed by atoms with Gasteiger partial charge in [-0.05, 0) is 48.9 Å². The lowest BCUT2D eigenvalue weighted by Gasteiger charge is -2.15. The number of aryl methyl sites for hydroxylation is 1. The fourth-order valence-corrected chi connectivity index (χ4v) is 2.85. The Bertz CT molecular complexity index is 1030. The molecular formula is C24H25N3O3. The van der Waals surface area contributed by atoms with E-state index >= 15 is 0 Å². The van der Waals surface area contributed by atoms with Crippen LogP contribution in [-0.4, -0.2) is 37.4 Å². The van der Waals surface area contributed by atoms with Gasteiger partial charge in [-0.3, -0.25) is 9.59 Å². The monoisotopic (exact) mass is 403 g/mol. The molecule has 3 aromatic carbocycles. The number of amides is 2. The standard InChI is InChI=1S/C24H25N3O3/c1-17-13-14-18(24(29)27(2)3)15-21(17)25-16-23(28)26-20-11-7-8-12-22(20)30-19-9-5-4-6-10-19/h4-15,25H,16H2,1-3H3,(H,26,28). The van der Waals surface area contributed by atoms with Crippen molar-refractivity contribution >= 4 is 23.2 Å². The van der Waals surface area contributed by atoms with Crippen molar-refractivity contribution < 1.29 is 14.3 Å². The molecule has 0 heterocycles. The maximum Gasteiger partial charge on any atom is 0.253 e. The van der Waals surface area contributed by atoms with Gasteiger partial charge in [0, 0.05) is 25.3 Å². The van der Waals surface area contributed by atoms with Crippen molar-refractivity contribution in [3.8, 4) is 11.5 Å². The molecule has 3 aromatic rings. The molecule has 0 spiro atoms. The second-order valence-corrected chi connectivity index (χ2v) is 7.04. The summed E-state index contributed by atoms with van der Waals surface area (Å²) in [5.41, 5.74) is 2.84. The van der Waals surface area contributed by atoms with E-state index in [0.717, 1.165) is 11.3 Å². The highest BCUT2D eigenvalue weighted by molar-refractivity contribution is 5.97. The number of para-hydroxylation sites is 3. The lowest BCUT2D eigenvalue weighted by atomic mass is 10.1. The minimum Gasteiger partial charge on any atom is -0.455 e. The first-order valence-electron chi connectivity index (χ1n) is 9.62. The molecule has 0 fully saturated rings. The quantitative estimate of drug-likeness (QED) is 0.608. The van der Waals surface area contributed by atoms with Crippen LogP contribution in [0, 0.1) is 6.92 Å². The first-order valence-corrected chi connectivity index (χ1v) is 9.62. The zero-order valence-corrected chi connectivity index (χ0v) is 17.3. The number of nitrogens with zero attached hydrogens (tertiary/aromatic N) is 1. The van der Waals surface area contributed by atoms with Gasteiger partial charge in [-0.25, -0.2) is 0 Å². The van der Waals surface area contributed by atoms with Gasteiger partial charge in [-0.2, -0.15) is 0 Å². The molecule has 6 heteroatoms. The average Bonchev–Trinajstić information content (AvgIpc) is 2.74. The molecule has 6 nitrogen and oxygen atoms in total. The molecule has 30 heavy (non-hydrogen) atoms. The van der Waals surface area contributed by atoms with Gasteiger partial charge in [0.15, 0.2) is 5.75 Å². The molecule has 154 valence electrons. The third kappa shape index (κ3) is 5.38. The summed E-state index contributed by atoms with van der Waals surface area (Å²) in [7, 11) is 3.41. The zero-order valence-electron chi connectivity index (χ0n) is 17.3. The summed E-state index contributed by atoms with van der Waals surface area (Å²) in [6.07, 6.45) is 0. The Labute approximate surface area is 176 Å². The molecule has 2 amide bonds. The smallest absolute Gasteiger partial charge is 0.253 e. The summed E-state index contributed by atoms with van der Waals surface area (Å²) in [5, 5.41) is 5.99. The second kappa shape index (κ2) is 9.60. The maximum absolute atomic E-state index is 12.5. The SMILES string of the molecule is Cc1ccc(C(=O)N(C)C)cc1NCC(=O)Nc1ccccc1Oc1ccccc1. The number of nitrogens with one attached hydrogen (secondary N) is 2. The Kier molecular flexibility index (Phi) is 6.70. The third-order valence-corrected chi connectivity index (χ3v) is 4.46. The van der Waals surface area contributed by atoms with Gasteiger partial charge < -0.3 is 20.3 Å². The molecular weight excluding hydrogens is 378 g/mol. The van der Waals surface area contributed by atoms with Crippen LogP contribution in [0.2, 0.25) is 0 Å². The van der Waals surface area contributed by atoms with Crippen LogP contribution in [0.1, 0.15) is 15.9 Å². The molecule has 0 radical (unpaired) electrons. The number of rotatable bonds is 7. The zero-order chi connectivity index (χ0) is 21.5. The fourth-order valence-electron chi connectivity index (χ4n) is 2.85. The highest BCUT2D eigenvalue weighted by atomic mass is 16.5. The van der Waals surface area contributed by atoms with Gasteiger partial charge in [-0.1, -0.05) is 36.4 Å². The van der Waals surface area contributed by atoms with E-state index < -0.39 is 0 Å². The summed E-state index contributed by atoms with van der Waals surface area (Å²) in [6, 6.07) is 22.1. The van der Waals surface area contributed by atoms with Crippen molar-refractivity contribution in [3.05, 3.63) is 83.9 Å². The lowest BCUT2D eigenvalue weighted by molar-refractivity contribution is -0.114. The summed E-state index contributed by atoms with van der Waals surface area (Å²) in [6.45, 7) is 1.98. The second-order valence-electron chi connectivity index (χ2n) is 7.04. The van der Waals surface area contributed by atoms with Crippen LogP contribution in [0.3, 0.4) is 0 Å². The number of hydrogen-bond acceptors (Lipinski definition) is 4. The molecule has 0 saturated carbocycles. The number of anilines is 2. The summed E-state index contributed by atoms with van der Waals surface area (Å²) < 4.78 is 5.88. The normalized spacial score (nSPS) is 10.2. The summed E-state index contributed by atoms with van der Waals surface area (Å²) in [4.78, 5) is 26.2. The molecule has 0 bridgehead atoms. The van der Waals surface area contributed by atoms with Crippen LogP contribution >= 0.6 is 0 Å². The Balaban J connectivity index is 1.66.